The van der Waals surface area contributed by atoms with Crippen LogP contribution in [0.3, 0.4) is 0 Å². The molecule has 0 aliphatic carbocycles. The molecule has 2 aliphatic heterocycles. The normalized spacial score (nSPS) is 21.6. The van der Waals surface area contributed by atoms with Crippen LogP contribution in [0.2, 0.25) is 0 Å². The quantitative estimate of drug-likeness (QED) is 0.808. The van der Waals surface area contributed by atoms with Crippen LogP contribution in [0.15, 0.2) is 24.3 Å². The first-order valence-corrected chi connectivity index (χ1v) is 9.93. The minimum atomic E-state index is 0.108. The second kappa shape index (κ2) is 8.87. The van der Waals surface area contributed by atoms with Crippen molar-refractivity contribution in [3.05, 3.63) is 29.8 Å². The monoisotopic (exact) mass is 359 g/mol. The van der Waals surface area contributed by atoms with Crippen molar-refractivity contribution < 1.29 is 9.53 Å². The van der Waals surface area contributed by atoms with Crippen LogP contribution < -0.4 is 4.74 Å². The molecule has 1 aromatic carbocycles. The fourth-order valence-electron chi connectivity index (χ4n) is 4.03. The Morgan fingerprint density at radius 3 is 2.31 bits per heavy atom. The number of rotatable bonds is 5. The summed E-state index contributed by atoms with van der Waals surface area (Å²) in [6.07, 6.45) is 2.20. The highest BCUT2D eigenvalue weighted by Crippen LogP contribution is 2.25. The summed E-state index contributed by atoms with van der Waals surface area (Å²) >= 11 is 0. The smallest absolute Gasteiger partial charge is 0.260 e. The van der Waals surface area contributed by atoms with Crippen LogP contribution in [-0.2, 0) is 4.79 Å². The minimum absolute atomic E-state index is 0.108. The summed E-state index contributed by atoms with van der Waals surface area (Å²) in [6.45, 7) is 10.9. The Morgan fingerprint density at radius 1 is 1.08 bits per heavy atom. The number of carbonyl (C=O) groups excluding carboxylic acids is 1. The van der Waals surface area contributed by atoms with Gasteiger partial charge in [0.05, 0.1) is 0 Å². The number of piperazine rings is 1. The number of aryl methyl sites for hydroxylation is 1. The predicted molar refractivity (Wildman–Crippen MR) is 105 cm³/mol. The summed E-state index contributed by atoms with van der Waals surface area (Å²) in [6, 6.07) is 8.47. The van der Waals surface area contributed by atoms with Gasteiger partial charge < -0.3 is 14.5 Å². The van der Waals surface area contributed by atoms with Gasteiger partial charge in [-0.2, -0.15) is 0 Å². The third-order valence-electron chi connectivity index (χ3n) is 6.07. The highest BCUT2D eigenvalue weighted by atomic mass is 16.5. The molecule has 5 nitrogen and oxygen atoms in total. The first-order valence-electron chi connectivity index (χ1n) is 9.93. The number of carbonyl (C=O) groups is 1. The molecule has 3 rings (SSSR count). The van der Waals surface area contributed by atoms with E-state index in [9.17, 15) is 4.79 Å². The lowest BCUT2D eigenvalue weighted by Crippen LogP contribution is -2.52. The standard InChI is InChI=1S/C21H33N3O2/c1-17-4-6-20(7-5-17)26-16-21(25)24-10-8-19(9-11-24)18(2)23-14-12-22(3)13-15-23/h4-7,18-19H,8-16H2,1-3H3. The Hall–Kier alpha value is -1.59. The minimum Gasteiger partial charge on any atom is -0.484 e. The predicted octanol–water partition coefficient (Wildman–Crippen LogP) is 2.25. The molecule has 0 radical (unpaired) electrons. The third-order valence-corrected chi connectivity index (χ3v) is 6.07. The molecule has 1 unspecified atom stereocenters. The van der Waals surface area contributed by atoms with Gasteiger partial charge in [0.1, 0.15) is 5.75 Å². The summed E-state index contributed by atoms with van der Waals surface area (Å²) in [5.74, 6) is 1.57. The molecule has 2 fully saturated rings. The Kier molecular flexibility index (Phi) is 6.54. The molecule has 0 N–H and O–H groups in total. The van der Waals surface area contributed by atoms with Crippen molar-refractivity contribution in [1.29, 1.82) is 0 Å². The first kappa shape index (κ1) is 19.2. The van der Waals surface area contributed by atoms with Crippen molar-refractivity contribution in [3.63, 3.8) is 0 Å². The number of hydrogen-bond donors (Lipinski definition) is 0. The Bertz CT molecular complexity index is 573. The number of hydrogen-bond acceptors (Lipinski definition) is 4. The summed E-state index contributed by atoms with van der Waals surface area (Å²) in [4.78, 5) is 19.4. The Balaban J connectivity index is 1.41. The molecule has 0 bridgehead atoms. The van der Waals surface area contributed by atoms with Crippen LogP contribution in [0.4, 0.5) is 0 Å². The summed E-state index contributed by atoms with van der Waals surface area (Å²) in [5.41, 5.74) is 1.19. The van der Waals surface area contributed by atoms with Crippen molar-refractivity contribution in [2.24, 2.45) is 5.92 Å². The summed E-state index contributed by atoms with van der Waals surface area (Å²) in [5, 5.41) is 0. The van der Waals surface area contributed by atoms with E-state index < -0.39 is 0 Å². The highest BCUT2D eigenvalue weighted by Gasteiger charge is 2.30. The van der Waals surface area contributed by atoms with E-state index in [1.165, 1.54) is 18.7 Å². The van der Waals surface area contributed by atoms with E-state index in [2.05, 4.69) is 23.8 Å². The zero-order valence-corrected chi connectivity index (χ0v) is 16.5. The van der Waals surface area contributed by atoms with Gasteiger partial charge in [0.25, 0.3) is 5.91 Å². The van der Waals surface area contributed by atoms with Gasteiger partial charge in [0.2, 0.25) is 0 Å². The van der Waals surface area contributed by atoms with E-state index in [1.54, 1.807) is 0 Å². The molecule has 2 heterocycles. The van der Waals surface area contributed by atoms with Gasteiger partial charge in [-0.3, -0.25) is 9.69 Å². The van der Waals surface area contributed by atoms with Crippen LogP contribution in [0.1, 0.15) is 25.3 Å². The molecular weight excluding hydrogens is 326 g/mol. The van der Waals surface area contributed by atoms with E-state index in [0.717, 1.165) is 44.8 Å². The van der Waals surface area contributed by atoms with E-state index in [1.807, 2.05) is 36.1 Å². The lowest BCUT2D eigenvalue weighted by atomic mass is 9.89. The van der Waals surface area contributed by atoms with Crippen molar-refractivity contribution in [2.75, 3.05) is 52.9 Å². The molecular formula is C21H33N3O2. The van der Waals surface area contributed by atoms with Gasteiger partial charge in [-0.25, -0.2) is 0 Å². The SMILES string of the molecule is Cc1ccc(OCC(=O)N2CCC(C(C)N3CCN(C)CC3)CC2)cc1. The van der Waals surface area contributed by atoms with Gasteiger partial charge in [0.15, 0.2) is 6.61 Å². The Morgan fingerprint density at radius 2 is 1.69 bits per heavy atom. The molecule has 0 saturated carbocycles. The summed E-state index contributed by atoms with van der Waals surface area (Å²) < 4.78 is 5.65. The number of likely N-dealkylation sites (N-methyl/N-ethyl adjacent to an activating group) is 1. The van der Waals surface area contributed by atoms with Crippen molar-refractivity contribution in [3.8, 4) is 5.75 Å². The molecule has 26 heavy (non-hydrogen) atoms. The largest absolute Gasteiger partial charge is 0.484 e. The topological polar surface area (TPSA) is 36.0 Å². The van der Waals surface area contributed by atoms with Gasteiger partial charge in [-0.15, -0.1) is 0 Å². The number of piperidine rings is 1. The van der Waals surface area contributed by atoms with Crippen molar-refractivity contribution >= 4 is 5.91 Å². The molecule has 2 saturated heterocycles. The maximum absolute atomic E-state index is 12.4. The fraction of sp³-hybridized carbons (Fsp3) is 0.667. The van der Waals surface area contributed by atoms with Crippen LogP contribution in [-0.4, -0.2) is 79.6 Å². The lowest BCUT2D eigenvalue weighted by Gasteiger charge is -2.42. The molecule has 2 aliphatic rings. The van der Waals surface area contributed by atoms with Crippen molar-refractivity contribution in [1.82, 2.24) is 14.7 Å². The van der Waals surface area contributed by atoms with E-state index in [4.69, 9.17) is 4.74 Å². The van der Waals surface area contributed by atoms with Crippen molar-refractivity contribution in [2.45, 2.75) is 32.7 Å². The maximum atomic E-state index is 12.4. The zero-order valence-electron chi connectivity index (χ0n) is 16.5. The van der Waals surface area contributed by atoms with Gasteiger partial charge >= 0.3 is 0 Å². The number of likely N-dealkylation sites (tertiary alicyclic amines) is 1. The van der Waals surface area contributed by atoms with Crippen LogP contribution in [0.25, 0.3) is 0 Å². The Labute approximate surface area is 157 Å². The average molecular weight is 360 g/mol. The second-order valence-electron chi connectivity index (χ2n) is 7.90. The molecule has 0 aromatic heterocycles. The number of nitrogens with zero attached hydrogens (tertiary/aromatic N) is 3. The average Bonchev–Trinajstić information content (AvgIpc) is 2.67. The number of benzene rings is 1. The van der Waals surface area contributed by atoms with E-state index in [0.29, 0.717) is 12.0 Å². The number of amides is 1. The zero-order chi connectivity index (χ0) is 18.5. The highest BCUT2D eigenvalue weighted by molar-refractivity contribution is 5.77. The molecule has 1 atom stereocenters. The number of ether oxygens (including phenoxy) is 1. The molecule has 144 valence electrons. The van der Waals surface area contributed by atoms with Gasteiger partial charge in [-0.05, 0) is 51.8 Å². The first-order chi connectivity index (χ1) is 12.5. The third kappa shape index (κ3) is 4.98. The van der Waals surface area contributed by atoms with Gasteiger partial charge in [0, 0.05) is 45.3 Å². The lowest BCUT2D eigenvalue weighted by molar-refractivity contribution is -0.135. The van der Waals surface area contributed by atoms with Gasteiger partial charge in [-0.1, -0.05) is 17.7 Å². The van der Waals surface area contributed by atoms with Crippen LogP contribution >= 0.6 is 0 Å². The van der Waals surface area contributed by atoms with E-state index >= 15 is 0 Å². The van der Waals surface area contributed by atoms with E-state index in [-0.39, 0.29) is 12.5 Å². The van der Waals surface area contributed by atoms with Crippen LogP contribution in [0, 0.1) is 12.8 Å². The fourth-order valence-corrected chi connectivity index (χ4v) is 4.03. The summed E-state index contributed by atoms with van der Waals surface area (Å²) in [7, 11) is 2.20. The molecule has 5 heteroatoms. The molecule has 0 spiro atoms. The van der Waals surface area contributed by atoms with Crippen LogP contribution in [0.5, 0.6) is 5.75 Å². The maximum Gasteiger partial charge on any atom is 0.260 e. The molecule has 1 amide bonds. The molecule has 1 aromatic rings. The second-order valence-corrected chi connectivity index (χ2v) is 7.90.